The minimum atomic E-state index is 0.748. The smallest absolute Gasteiger partial charge is 0.0702 e. The van der Waals surface area contributed by atoms with Gasteiger partial charge in [-0.15, -0.1) is 0 Å². The van der Waals surface area contributed by atoms with Crippen LogP contribution in [-0.2, 0) is 0 Å². The summed E-state index contributed by atoms with van der Waals surface area (Å²) in [6.45, 7) is 6.49. The number of rotatable bonds is 6. The fraction of sp³-hybridized carbons (Fsp3) is 0.0909. The van der Waals surface area contributed by atoms with Crippen molar-refractivity contribution in [2.75, 3.05) is 15.5 Å². The van der Waals surface area contributed by atoms with E-state index in [9.17, 15) is 0 Å². The van der Waals surface area contributed by atoms with Gasteiger partial charge in [0.05, 0.1) is 11.4 Å². The van der Waals surface area contributed by atoms with E-state index in [1.807, 2.05) is 12.1 Å². The largest absolute Gasteiger partial charge is 0.399 e. The maximum absolute atomic E-state index is 6.07. The molecule has 5 aromatic carbocycles. The van der Waals surface area contributed by atoms with E-state index in [2.05, 4.69) is 140 Å². The van der Waals surface area contributed by atoms with E-state index < -0.39 is 0 Å². The molecule has 0 aliphatic heterocycles. The molecule has 0 aromatic heterocycles. The summed E-state index contributed by atoms with van der Waals surface area (Å²) in [5.41, 5.74) is 17.1. The van der Waals surface area contributed by atoms with Gasteiger partial charge in [-0.1, -0.05) is 66.7 Å². The van der Waals surface area contributed by atoms with Crippen molar-refractivity contribution in [1.29, 1.82) is 0 Å². The molecule has 178 valence electrons. The number of nitrogens with zero attached hydrogens (tertiary/aromatic N) is 2. The van der Waals surface area contributed by atoms with E-state index in [4.69, 9.17) is 5.73 Å². The molecule has 0 aliphatic rings. The van der Waals surface area contributed by atoms with Gasteiger partial charge in [-0.2, -0.15) is 0 Å². The molecule has 5 aromatic rings. The summed E-state index contributed by atoms with van der Waals surface area (Å²) in [6.07, 6.45) is 0. The summed E-state index contributed by atoms with van der Waals surface area (Å²) < 4.78 is 0. The third-order valence-electron chi connectivity index (χ3n) is 6.58. The Hall–Kier alpha value is -4.50. The third-order valence-corrected chi connectivity index (χ3v) is 6.58. The molecule has 0 saturated heterocycles. The van der Waals surface area contributed by atoms with Gasteiger partial charge in [-0.3, -0.25) is 0 Å². The van der Waals surface area contributed by atoms with E-state index >= 15 is 0 Å². The Bertz CT molecular complexity index is 1440. The lowest BCUT2D eigenvalue weighted by Crippen LogP contribution is -2.18. The molecule has 0 radical (unpaired) electrons. The maximum Gasteiger partial charge on any atom is 0.0702 e. The highest BCUT2D eigenvalue weighted by atomic mass is 15.2. The van der Waals surface area contributed by atoms with Crippen LogP contribution in [0.2, 0.25) is 0 Å². The van der Waals surface area contributed by atoms with Crippen LogP contribution in [0.4, 0.5) is 39.8 Å². The topological polar surface area (TPSA) is 32.5 Å². The fourth-order valence-corrected chi connectivity index (χ4v) is 4.71. The predicted molar refractivity (Wildman–Crippen MR) is 154 cm³/mol. The highest BCUT2D eigenvalue weighted by Crippen LogP contribution is 2.47. The van der Waals surface area contributed by atoms with Crippen LogP contribution in [0.5, 0.6) is 0 Å². The average molecular weight is 470 g/mol. The highest BCUT2D eigenvalue weighted by Gasteiger charge is 2.23. The van der Waals surface area contributed by atoms with Crippen molar-refractivity contribution in [3.8, 4) is 0 Å². The van der Waals surface area contributed by atoms with E-state index in [0.29, 0.717) is 0 Å². The van der Waals surface area contributed by atoms with Crippen molar-refractivity contribution in [3.63, 3.8) is 0 Å². The monoisotopic (exact) mass is 469 g/mol. The molecule has 0 spiro atoms. The number of benzene rings is 5. The normalized spacial score (nSPS) is 10.8. The number of nitrogens with two attached hydrogens (primary N) is 1. The Labute approximate surface area is 214 Å². The molecule has 0 amide bonds. The highest BCUT2D eigenvalue weighted by molar-refractivity contribution is 5.92. The zero-order valence-corrected chi connectivity index (χ0v) is 21.0. The molecular weight excluding hydrogens is 438 g/mol. The number of hydrogen-bond donors (Lipinski definition) is 1. The first-order valence-electron chi connectivity index (χ1n) is 12.3. The lowest BCUT2D eigenvalue weighted by atomic mass is 10.1. The number of aryl methyl sites for hydroxylation is 3. The molecular formula is C33H31N3. The standard InChI is InChI=1S/C33H31N3/c1-24-12-4-7-15-29(24)35(28-22-20-27(34)21-23-28)32-18-10-11-19-33(32)36(30-16-8-5-13-25(30)2)31-17-9-6-14-26(31)3/h4-23H,34H2,1-3H3. The van der Waals surface area contributed by atoms with Gasteiger partial charge in [0.15, 0.2) is 0 Å². The first kappa shape index (κ1) is 23.3. The third kappa shape index (κ3) is 4.44. The van der Waals surface area contributed by atoms with Crippen molar-refractivity contribution < 1.29 is 0 Å². The second-order valence-corrected chi connectivity index (χ2v) is 9.11. The number of anilines is 7. The van der Waals surface area contributed by atoms with Crippen molar-refractivity contribution in [2.24, 2.45) is 0 Å². The van der Waals surface area contributed by atoms with E-state index in [1.165, 1.54) is 16.7 Å². The Morgan fingerprint density at radius 2 is 0.722 bits per heavy atom. The molecule has 3 heteroatoms. The van der Waals surface area contributed by atoms with Gasteiger partial charge in [0.25, 0.3) is 0 Å². The van der Waals surface area contributed by atoms with Crippen LogP contribution in [0.1, 0.15) is 16.7 Å². The molecule has 5 rings (SSSR count). The molecule has 0 heterocycles. The first-order chi connectivity index (χ1) is 17.5. The molecule has 0 fully saturated rings. The van der Waals surface area contributed by atoms with Crippen LogP contribution in [0.15, 0.2) is 121 Å². The van der Waals surface area contributed by atoms with Crippen LogP contribution in [0.3, 0.4) is 0 Å². The average Bonchev–Trinajstić information content (AvgIpc) is 2.89. The number of hydrogen-bond acceptors (Lipinski definition) is 3. The summed E-state index contributed by atoms with van der Waals surface area (Å²) in [5, 5.41) is 0. The van der Waals surface area contributed by atoms with Crippen molar-refractivity contribution in [3.05, 3.63) is 138 Å². The molecule has 0 aliphatic carbocycles. The zero-order valence-electron chi connectivity index (χ0n) is 21.0. The maximum atomic E-state index is 6.07. The van der Waals surface area contributed by atoms with Gasteiger partial charge in [-0.05, 0) is 92.1 Å². The van der Waals surface area contributed by atoms with Crippen molar-refractivity contribution in [2.45, 2.75) is 20.8 Å². The van der Waals surface area contributed by atoms with E-state index in [1.54, 1.807) is 0 Å². The van der Waals surface area contributed by atoms with Gasteiger partial charge in [0.1, 0.15) is 0 Å². The SMILES string of the molecule is Cc1ccccc1N(c1ccc(N)cc1)c1ccccc1N(c1ccccc1C)c1ccccc1C. The van der Waals surface area contributed by atoms with Crippen LogP contribution in [0, 0.1) is 20.8 Å². The van der Waals surface area contributed by atoms with Crippen LogP contribution >= 0.6 is 0 Å². The Morgan fingerprint density at radius 3 is 1.14 bits per heavy atom. The Kier molecular flexibility index (Phi) is 6.46. The van der Waals surface area contributed by atoms with Gasteiger partial charge in [0.2, 0.25) is 0 Å². The van der Waals surface area contributed by atoms with Crippen molar-refractivity contribution >= 4 is 39.8 Å². The summed E-state index contributed by atoms with van der Waals surface area (Å²) in [6, 6.07) is 42.3. The van der Waals surface area contributed by atoms with Crippen LogP contribution < -0.4 is 15.5 Å². The molecule has 0 saturated carbocycles. The lowest BCUT2D eigenvalue weighted by Gasteiger charge is -2.34. The van der Waals surface area contributed by atoms with Crippen LogP contribution in [-0.4, -0.2) is 0 Å². The summed E-state index contributed by atoms with van der Waals surface area (Å²) >= 11 is 0. The molecule has 36 heavy (non-hydrogen) atoms. The molecule has 2 N–H and O–H groups in total. The summed E-state index contributed by atoms with van der Waals surface area (Å²) in [5.74, 6) is 0. The molecule has 0 unspecified atom stereocenters. The second kappa shape index (κ2) is 10.0. The van der Waals surface area contributed by atoms with Crippen LogP contribution in [0.25, 0.3) is 0 Å². The van der Waals surface area contributed by atoms with Crippen molar-refractivity contribution in [1.82, 2.24) is 0 Å². The van der Waals surface area contributed by atoms with E-state index in [-0.39, 0.29) is 0 Å². The minimum Gasteiger partial charge on any atom is -0.399 e. The zero-order chi connectivity index (χ0) is 25.1. The fourth-order valence-electron chi connectivity index (χ4n) is 4.71. The van der Waals surface area contributed by atoms with Gasteiger partial charge in [0, 0.05) is 28.4 Å². The molecule has 0 atom stereocenters. The summed E-state index contributed by atoms with van der Waals surface area (Å²) in [7, 11) is 0. The van der Waals surface area contributed by atoms with E-state index in [0.717, 1.165) is 39.8 Å². The molecule has 3 nitrogen and oxygen atoms in total. The lowest BCUT2D eigenvalue weighted by molar-refractivity contribution is 1.19. The van der Waals surface area contributed by atoms with Gasteiger partial charge in [-0.25, -0.2) is 0 Å². The Morgan fingerprint density at radius 1 is 0.389 bits per heavy atom. The van der Waals surface area contributed by atoms with Gasteiger partial charge < -0.3 is 15.5 Å². The second-order valence-electron chi connectivity index (χ2n) is 9.11. The number of nitrogen functional groups attached to an aromatic ring is 1. The number of para-hydroxylation sites is 5. The summed E-state index contributed by atoms with van der Waals surface area (Å²) in [4.78, 5) is 4.70. The van der Waals surface area contributed by atoms with Gasteiger partial charge >= 0.3 is 0 Å². The molecule has 0 bridgehead atoms. The Balaban J connectivity index is 1.81. The quantitative estimate of drug-likeness (QED) is 0.252. The first-order valence-corrected chi connectivity index (χ1v) is 12.3. The minimum absolute atomic E-state index is 0.748. The predicted octanol–water partition coefficient (Wildman–Crippen LogP) is 9.13.